The van der Waals surface area contributed by atoms with Crippen LogP contribution in [0.25, 0.3) is 0 Å². The van der Waals surface area contributed by atoms with E-state index in [0.29, 0.717) is 11.4 Å². The second-order valence-electron chi connectivity index (χ2n) is 5.82. The SMILES string of the molecule is COc1ccc(C)cc1NC(=O)CNS(=O)(=O)c1ccc(C)c(C)c1. The quantitative estimate of drug-likeness (QED) is 0.827. The Balaban J connectivity index is 2.06. The smallest absolute Gasteiger partial charge is 0.241 e. The highest BCUT2D eigenvalue weighted by Gasteiger charge is 2.17. The molecule has 0 bridgehead atoms. The zero-order valence-corrected chi connectivity index (χ0v) is 15.5. The lowest BCUT2D eigenvalue weighted by atomic mass is 10.1. The van der Waals surface area contributed by atoms with Crippen molar-refractivity contribution in [3.8, 4) is 5.75 Å². The van der Waals surface area contributed by atoms with Gasteiger partial charge in [-0.05, 0) is 61.7 Å². The standard InChI is InChI=1S/C18H22N2O4S/c1-12-5-8-17(24-4)16(9-12)20-18(21)11-19-25(22,23)15-7-6-13(2)14(3)10-15/h5-10,19H,11H2,1-4H3,(H,20,21). The van der Waals surface area contributed by atoms with Crippen LogP contribution in [0.4, 0.5) is 5.69 Å². The van der Waals surface area contributed by atoms with E-state index >= 15 is 0 Å². The highest BCUT2D eigenvalue weighted by atomic mass is 32.2. The van der Waals surface area contributed by atoms with Crippen molar-refractivity contribution >= 4 is 21.6 Å². The summed E-state index contributed by atoms with van der Waals surface area (Å²) in [6, 6.07) is 10.2. The second kappa shape index (κ2) is 7.67. The number of anilines is 1. The molecular formula is C18H22N2O4S. The van der Waals surface area contributed by atoms with Gasteiger partial charge in [0.05, 0.1) is 24.2 Å². The molecule has 0 saturated heterocycles. The fourth-order valence-electron chi connectivity index (χ4n) is 2.24. The number of carbonyl (C=O) groups is 1. The molecule has 134 valence electrons. The molecule has 0 unspecified atom stereocenters. The fraction of sp³-hybridized carbons (Fsp3) is 0.278. The molecule has 0 aliphatic carbocycles. The first kappa shape index (κ1) is 19.0. The number of aryl methyl sites for hydroxylation is 3. The molecule has 7 heteroatoms. The van der Waals surface area contributed by atoms with Gasteiger partial charge in [-0.15, -0.1) is 0 Å². The van der Waals surface area contributed by atoms with Gasteiger partial charge in [0.25, 0.3) is 0 Å². The number of carbonyl (C=O) groups excluding carboxylic acids is 1. The molecule has 1 amide bonds. The predicted molar refractivity (Wildman–Crippen MR) is 97.5 cm³/mol. The van der Waals surface area contributed by atoms with Crippen molar-refractivity contribution in [1.29, 1.82) is 0 Å². The van der Waals surface area contributed by atoms with Crippen LogP contribution in [0.1, 0.15) is 16.7 Å². The van der Waals surface area contributed by atoms with Crippen molar-refractivity contribution in [2.75, 3.05) is 19.0 Å². The third kappa shape index (κ3) is 4.80. The first-order chi connectivity index (χ1) is 11.7. The summed E-state index contributed by atoms with van der Waals surface area (Å²) in [5.41, 5.74) is 3.32. The molecule has 2 aromatic carbocycles. The fourth-order valence-corrected chi connectivity index (χ4v) is 3.31. The molecule has 0 fully saturated rings. The van der Waals surface area contributed by atoms with Gasteiger partial charge in [-0.2, -0.15) is 0 Å². The van der Waals surface area contributed by atoms with Crippen LogP contribution in [0.5, 0.6) is 5.75 Å². The molecule has 2 aromatic rings. The molecule has 0 atom stereocenters. The van der Waals surface area contributed by atoms with Crippen molar-refractivity contribution in [3.63, 3.8) is 0 Å². The lowest BCUT2D eigenvalue weighted by molar-refractivity contribution is -0.115. The summed E-state index contributed by atoms with van der Waals surface area (Å²) in [5.74, 6) is 0.0345. The maximum Gasteiger partial charge on any atom is 0.241 e. The average molecular weight is 362 g/mol. The average Bonchev–Trinajstić information content (AvgIpc) is 2.56. The van der Waals surface area contributed by atoms with Gasteiger partial charge in [0, 0.05) is 0 Å². The van der Waals surface area contributed by atoms with Gasteiger partial charge in [-0.1, -0.05) is 12.1 Å². The Morgan fingerprint density at radius 1 is 1.04 bits per heavy atom. The number of methoxy groups -OCH3 is 1. The summed E-state index contributed by atoms with van der Waals surface area (Å²) in [5, 5.41) is 2.66. The third-order valence-corrected chi connectivity index (χ3v) is 5.24. The van der Waals surface area contributed by atoms with Crippen molar-refractivity contribution < 1.29 is 17.9 Å². The number of benzene rings is 2. The maximum absolute atomic E-state index is 12.3. The normalized spacial score (nSPS) is 11.2. The van der Waals surface area contributed by atoms with Gasteiger partial charge >= 0.3 is 0 Å². The number of hydrogen-bond acceptors (Lipinski definition) is 4. The summed E-state index contributed by atoms with van der Waals surface area (Å²) in [7, 11) is -2.25. The van der Waals surface area contributed by atoms with Crippen LogP contribution < -0.4 is 14.8 Å². The Labute approximate surface area is 148 Å². The van der Waals surface area contributed by atoms with Gasteiger partial charge in [0.15, 0.2) is 0 Å². The number of ether oxygens (including phenoxy) is 1. The lowest BCUT2D eigenvalue weighted by Crippen LogP contribution is -2.33. The largest absolute Gasteiger partial charge is 0.495 e. The van der Waals surface area contributed by atoms with E-state index in [4.69, 9.17) is 4.74 Å². The second-order valence-corrected chi connectivity index (χ2v) is 7.59. The van der Waals surface area contributed by atoms with Gasteiger partial charge in [-0.25, -0.2) is 13.1 Å². The minimum atomic E-state index is -3.75. The van der Waals surface area contributed by atoms with Crippen LogP contribution in [-0.4, -0.2) is 28.0 Å². The molecule has 0 aromatic heterocycles. The Morgan fingerprint density at radius 3 is 2.40 bits per heavy atom. The Bertz CT molecular complexity index is 892. The van der Waals surface area contributed by atoms with Crippen LogP contribution >= 0.6 is 0 Å². The van der Waals surface area contributed by atoms with Gasteiger partial charge in [-0.3, -0.25) is 4.79 Å². The zero-order chi connectivity index (χ0) is 18.6. The Kier molecular flexibility index (Phi) is 5.81. The van der Waals surface area contributed by atoms with Gasteiger partial charge < -0.3 is 10.1 Å². The molecule has 0 heterocycles. The molecule has 2 N–H and O–H groups in total. The summed E-state index contributed by atoms with van der Waals surface area (Å²) >= 11 is 0. The van der Waals surface area contributed by atoms with E-state index in [1.807, 2.05) is 26.8 Å². The van der Waals surface area contributed by atoms with E-state index < -0.39 is 15.9 Å². The van der Waals surface area contributed by atoms with Crippen molar-refractivity contribution in [3.05, 3.63) is 53.1 Å². The Morgan fingerprint density at radius 2 is 1.76 bits per heavy atom. The van der Waals surface area contributed by atoms with Crippen LogP contribution in [0, 0.1) is 20.8 Å². The first-order valence-electron chi connectivity index (χ1n) is 7.74. The molecule has 0 spiro atoms. The first-order valence-corrected chi connectivity index (χ1v) is 9.22. The topological polar surface area (TPSA) is 84.5 Å². The molecule has 25 heavy (non-hydrogen) atoms. The van der Waals surface area contributed by atoms with Crippen molar-refractivity contribution in [2.45, 2.75) is 25.7 Å². The summed E-state index contributed by atoms with van der Waals surface area (Å²) in [6.07, 6.45) is 0. The van der Waals surface area contributed by atoms with E-state index in [0.717, 1.165) is 16.7 Å². The summed E-state index contributed by atoms with van der Waals surface area (Å²) in [6.45, 7) is 5.26. The molecular weight excluding hydrogens is 340 g/mol. The third-order valence-electron chi connectivity index (χ3n) is 3.84. The van der Waals surface area contributed by atoms with Crippen molar-refractivity contribution in [2.24, 2.45) is 0 Å². The number of hydrogen-bond donors (Lipinski definition) is 2. The molecule has 0 aliphatic rings. The molecule has 6 nitrogen and oxygen atoms in total. The highest BCUT2D eigenvalue weighted by Crippen LogP contribution is 2.25. The van der Waals surface area contributed by atoms with E-state index in [9.17, 15) is 13.2 Å². The number of amides is 1. The molecule has 0 radical (unpaired) electrons. The molecule has 0 saturated carbocycles. The van der Waals surface area contributed by atoms with E-state index in [2.05, 4.69) is 10.0 Å². The Hall–Kier alpha value is -2.38. The lowest BCUT2D eigenvalue weighted by Gasteiger charge is -2.12. The summed E-state index contributed by atoms with van der Waals surface area (Å²) in [4.78, 5) is 12.2. The van der Waals surface area contributed by atoms with E-state index in [1.54, 1.807) is 24.3 Å². The van der Waals surface area contributed by atoms with E-state index in [1.165, 1.54) is 13.2 Å². The minimum absolute atomic E-state index is 0.136. The number of rotatable bonds is 6. The van der Waals surface area contributed by atoms with Gasteiger partial charge in [0.2, 0.25) is 15.9 Å². The van der Waals surface area contributed by atoms with Crippen molar-refractivity contribution in [1.82, 2.24) is 4.72 Å². The summed E-state index contributed by atoms with van der Waals surface area (Å²) < 4.78 is 32.1. The maximum atomic E-state index is 12.3. The number of nitrogens with one attached hydrogen (secondary N) is 2. The van der Waals surface area contributed by atoms with Crippen LogP contribution in [-0.2, 0) is 14.8 Å². The van der Waals surface area contributed by atoms with Crippen LogP contribution in [0.2, 0.25) is 0 Å². The molecule has 0 aliphatic heterocycles. The minimum Gasteiger partial charge on any atom is -0.495 e. The monoisotopic (exact) mass is 362 g/mol. The van der Waals surface area contributed by atoms with Gasteiger partial charge in [0.1, 0.15) is 5.75 Å². The van der Waals surface area contributed by atoms with Crippen LogP contribution in [0.15, 0.2) is 41.3 Å². The van der Waals surface area contributed by atoms with E-state index in [-0.39, 0.29) is 11.4 Å². The number of sulfonamides is 1. The van der Waals surface area contributed by atoms with Crippen LogP contribution in [0.3, 0.4) is 0 Å². The molecule has 2 rings (SSSR count). The zero-order valence-electron chi connectivity index (χ0n) is 14.7. The highest BCUT2D eigenvalue weighted by molar-refractivity contribution is 7.89. The predicted octanol–water partition coefficient (Wildman–Crippen LogP) is 2.54.